The largest absolute Gasteiger partial charge is 0.352 e. The molecule has 0 saturated carbocycles. The highest BCUT2D eigenvalue weighted by Gasteiger charge is 2.15. The smallest absolute Gasteiger partial charge is 0.183 e. The second-order valence-electron chi connectivity index (χ2n) is 3.08. The Morgan fingerprint density at radius 3 is 2.60 bits per heavy atom. The summed E-state index contributed by atoms with van der Waals surface area (Å²) < 4.78 is 0. The van der Waals surface area contributed by atoms with Crippen LogP contribution in [-0.4, -0.2) is 36.1 Å². The SMILES string of the molecule is Cl.N#Cc1nccnc1N1CCNCC1. The van der Waals surface area contributed by atoms with E-state index < -0.39 is 0 Å². The summed E-state index contributed by atoms with van der Waals surface area (Å²) in [5.74, 6) is 0.705. The van der Waals surface area contributed by atoms with Crippen LogP contribution in [-0.2, 0) is 0 Å². The summed E-state index contributed by atoms with van der Waals surface area (Å²) in [5.41, 5.74) is 0.411. The summed E-state index contributed by atoms with van der Waals surface area (Å²) in [5, 5.41) is 12.1. The fourth-order valence-electron chi connectivity index (χ4n) is 1.52. The van der Waals surface area contributed by atoms with E-state index in [2.05, 4.69) is 26.3 Å². The van der Waals surface area contributed by atoms with Crippen LogP contribution < -0.4 is 10.2 Å². The molecule has 1 saturated heterocycles. The normalized spacial score (nSPS) is 15.3. The lowest BCUT2D eigenvalue weighted by Gasteiger charge is -2.28. The van der Waals surface area contributed by atoms with E-state index in [4.69, 9.17) is 5.26 Å². The molecule has 0 radical (unpaired) electrons. The first-order valence-electron chi connectivity index (χ1n) is 4.58. The lowest BCUT2D eigenvalue weighted by atomic mass is 10.3. The molecule has 1 aliphatic heterocycles. The van der Waals surface area contributed by atoms with Crippen LogP contribution in [0, 0.1) is 11.3 Å². The molecule has 0 atom stereocenters. The zero-order valence-corrected chi connectivity index (χ0v) is 9.00. The molecule has 80 valence electrons. The Kier molecular flexibility index (Phi) is 4.28. The molecule has 2 rings (SSSR count). The van der Waals surface area contributed by atoms with Gasteiger partial charge in [-0.2, -0.15) is 5.26 Å². The summed E-state index contributed by atoms with van der Waals surface area (Å²) in [4.78, 5) is 10.3. The molecule has 1 aromatic rings. The van der Waals surface area contributed by atoms with Crippen molar-refractivity contribution in [1.82, 2.24) is 15.3 Å². The number of piperazine rings is 1. The predicted octanol–water partition coefficient (Wildman–Crippen LogP) is 0.180. The lowest BCUT2D eigenvalue weighted by Crippen LogP contribution is -2.44. The maximum absolute atomic E-state index is 8.85. The van der Waals surface area contributed by atoms with Crippen molar-refractivity contribution < 1.29 is 0 Å². The molecule has 1 aromatic heterocycles. The summed E-state index contributed by atoms with van der Waals surface area (Å²) >= 11 is 0. The molecular weight excluding hydrogens is 214 g/mol. The Morgan fingerprint density at radius 2 is 1.93 bits per heavy atom. The van der Waals surface area contributed by atoms with Gasteiger partial charge in [0, 0.05) is 38.6 Å². The van der Waals surface area contributed by atoms with Crippen molar-refractivity contribution in [2.45, 2.75) is 0 Å². The summed E-state index contributed by atoms with van der Waals surface area (Å²) in [6.45, 7) is 3.63. The predicted molar refractivity (Wildman–Crippen MR) is 59.1 cm³/mol. The molecular formula is C9H12ClN5. The first-order chi connectivity index (χ1) is 6.92. The summed E-state index contributed by atoms with van der Waals surface area (Å²) in [7, 11) is 0. The van der Waals surface area contributed by atoms with E-state index in [0.717, 1.165) is 26.2 Å². The van der Waals surface area contributed by atoms with E-state index in [1.54, 1.807) is 12.4 Å². The van der Waals surface area contributed by atoms with E-state index >= 15 is 0 Å². The summed E-state index contributed by atoms with van der Waals surface area (Å²) in [6, 6.07) is 2.06. The fraction of sp³-hybridized carbons (Fsp3) is 0.444. The number of aromatic nitrogens is 2. The van der Waals surface area contributed by atoms with Gasteiger partial charge in [0.25, 0.3) is 0 Å². The van der Waals surface area contributed by atoms with Gasteiger partial charge in [-0.3, -0.25) is 0 Å². The van der Waals surface area contributed by atoms with E-state index in [1.165, 1.54) is 0 Å². The van der Waals surface area contributed by atoms with Crippen molar-refractivity contribution >= 4 is 18.2 Å². The summed E-state index contributed by atoms with van der Waals surface area (Å²) in [6.07, 6.45) is 3.17. The molecule has 0 unspecified atom stereocenters. The van der Waals surface area contributed by atoms with Gasteiger partial charge in [0.1, 0.15) is 6.07 Å². The molecule has 0 amide bonds. The number of hydrogen-bond acceptors (Lipinski definition) is 5. The van der Waals surface area contributed by atoms with Gasteiger partial charge in [-0.05, 0) is 0 Å². The second kappa shape index (κ2) is 5.49. The monoisotopic (exact) mass is 225 g/mol. The number of rotatable bonds is 1. The highest BCUT2D eigenvalue weighted by molar-refractivity contribution is 5.85. The van der Waals surface area contributed by atoms with Crippen LogP contribution in [0.4, 0.5) is 5.82 Å². The van der Waals surface area contributed by atoms with Crippen molar-refractivity contribution in [3.63, 3.8) is 0 Å². The molecule has 0 aromatic carbocycles. The van der Waals surface area contributed by atoms with Gasteiger partial charge in [0.05, 0.1) is 0 Å². The molecule has 0 bridgehead atoms. The van der Waals surface area contributed by atoms with Gasteiger partial charge in [-0.25, -0.2) is 9.97 Å². The van der Waals surface area contributed by atoms with Crippen molar-refractivity contribution in [3.8, 4) is 6.07 Å². The van der Waals surface area contributed by atoms with Crippen molar-refractivity contribution in [2.75, 3.05) is 31.1 Å². The van der Waals surface area contributed by atoms with Gasteiger partial charge in [-0.15, -0.1) is 12.4 Å². The number of anilines is 1. The molecule has 1 fully saturated rings. The van der Waals surface area contributed by atoms with Crippen LogP contribution in [0.5, 0.6) is 0 Å². The van der Waals surface area contributed by atoms with E-state index in [9.17, 15) is 0 Å². The molecule has 0 spiro atoms. The zero-order valence-electron chi connectivity index (χ0n) is 8.18. The third kappa shape index (κ3) is 2.55. The zero-order chi connectivity index (χ0) is 9.80. The molecule has 2 heterocycles. The second-order valence-corrected chi connectivity index (χ2v) is 3.08. The topological polar surface area (TPSA) is 64.8 Å². The van der Waals surface area contributed by atoms with Crippen LogP contribution in [0.2, 0.25) is 0 Å². The molecule has 5 nitrogen and oxygen atoms in total. The van der Waals surface area contributed by atoms with Gasteiger partial charge in [0.15, 0.2) is 11.5 Å². The minimum Gasteiger partial charge on any atom is -0.352 e. The van der Waals surface area contributed by atoms with E-state index in [-0.39, 0.29) is 12.4 Å². The highest BCUT2D eigenvalue weighted by Crippen LogP contribution is 2.13. The van der Waals surface area contributed by atoms with Crippen LogP contribution in [0.25, 0.3) is 0 Å². The van der Waals surface area contributed by atoms with Crippen molar-refractivity contribution in [1.29, 1.82) is 5.26 Å². The highest BCUT2D eigenvalue weighted by atomic mass is 35.5. The minimum absolute atomic E-state index is 0. The van der Waals surface area contributed by atoms with Gasteiger partial charge < -0.3 is 10.2 Å². The molecule has 15 heavy (non-hydrogen) atoms. The number of nitrogens with one attached hydrogen (secondary N) is 1. The quantitative estimate of drug-likeness (QED) is 0.739. The number of halogens is 1. The Balaban J connectivity index is 0.00000112. The molecule has 1 N–H and O–H groups in total. The van der Waals surface area contributed by atoms with E-state index in [0.29, 0.717) is 11.5 Å². The lowest BCUT2D eigenvalue weighted by molar-refractivity contribution is 0.583. The van der Waals surface area contributed by atoms with Crippen LogP contribution in [0.3, 0.4) is 0 Å². The van der Waals surface area contributed by atoms with E-state index in [1.807, 2.05) is 0 Å². The van der Waals surface area contributed by atoms with Gasteiger partial charge >= 0.3 is 0 Å². The number of nitriles is 1. The van der Waals surface area contributed by atoms with Crippen LogP contribution in [0.15, 0.2) is 12.4 Å². The third-order valence-electron chi connectivity index (χ3n) is 2.20. The van der Waals surface area contributed by atoms with Gasteiger partial charge in [0.2, 0.25) is 0 Å². The van der Waals surface area contributed by atoms with Crippen molar-refractivity contribution in [2.24, 2.45) is 0 Å². The third-order valence-corrected chi connectivity index (χ3v) is 2.20. The van der Waals surface area contributed by atoms with Crippen LogP contribution in [0.1, 0.15) is 5.69 Å². The molecule has 0 aliphatic carbocycles. The number of hydrogen-bond donors (Lipinski definition) is 1. The Labute approximate surface area is 94.5 Å². The average Bonchev–Trinajstić information content (AvgIpc) is 2.30. The first-order valence-corrected chi connectivity index (χ1v) is 4.58. The van der Waals surface area contributed by atoms with Crippen molar-refractivity contribution in [3.05, 3.63) is 18.1 Å². The number of nitrogens with zero attached hydrogens (tertiary/aromatic N) is 4. The first kappa shape index (κ1) is 11.7. The Hall–Kier alpha value is -1.38. The Bertz CT molecular complexity index is 356. The van der Waals surface area contributed by atoms with Crippen LogP contribution >= 0.6 is 12.4 Å². The molecule has 1 aliphatic rings. The Morgan fingerprint density at radius 1 is 1.27 bits per heavy atom. The standard InChI is InChI=1S/C9H11N5.ClH/c10-7-8-9(13-2-1-12-8)14-5-3-11-4-6-14;/h1-2,11H,3-6H2;1H. The maximum atomic E-state index is 8.85. The van der Waals surface area contributed by atoms with Gasteiger partial charge in [-0.1, -0.05) is 0 Å². The minimum atomic E-state index is 0. The fourth-order valence-corrected chi connectivity index (χ4v) is 1.52. The molecule has 6 heteroatoms. The average molecular weight is 226 g/mol. The maximum Gasteiger partial charge on any atom is 0.183 e.